The average molecular weight is 226 g/mol. The molecule has 1 aromatic rings. The average Bonchev–Trinajstić information content (AvgIpc) is 2.63. The molecule has 15 heavy (non-hydrogen) atoms. The lowest BCUT2D eigenvalue weighted by Gasteiger charge is -2.06. The molecule has 1 aromatic heterocycles. The van der Waals surface area contributed by atoms with Crippen LogP contribution >= 0.6 is 11.3 Å². The summed E-state index contributed by atoms with van der Waals surface area (Å²) in [7, 11) is 0. The van der Waals surface area contributed by atoms with Gasteiger partial charge in [0.1, 0.15) is 4.88 Å². The van der Waals surface area contributed by atoms with Crippen molar-refractivity contribution in [1.29, 1.82) is 0 Å². The van der Waals surface area contributed by atoms with Crippen LogP contribution in [0.25, 0.3) is 0 Å². The second kappa shape index (κ2) is 5.34. The molecule has 1 heterocycles. The van der Waals surface area contributed by atoms with Gasteiger partial charge >= 0.3 is 5.97 Å². The van der Waals surface area contributed by atoms with Gasteiger partial charge in [-0.3, -0.25) is 0 Å². The fourth-order valence-electron chi connectivity index (χ4n) is 0.868. The van der Waals surface area contributed by atoms with Crippen molar-refractivity contribution in [1.82, 2.24) is 4.98 Å². The molecule has 80 valence electrons. The summed E-state index contributed by atoms with van der Waals surface area (Å²) in [6, 6.07) is 0. The molecule has 1 rings (SSSR count). The maximum Gasteiger partial charge on any atom is 0.347 e. The molecule has 1 atom stereocenters. The van der Waals surface area contributed by atoms with Crippen molar-refractivity contribution in [2.75, 3.05) is 11.9 Å². The number of carbonyl (C=O) groups is 1. The maximum atomic E-state index is 10.5. The van der Waals surface area contributed by atoms with Crippen molar-refractivity contribution in [3.05, 3.63) is 11.1 Å². The standard InChI is InChI=1S/C9H10N2O3S/c1-2-3-6(12)4-10-9-11-5-7(15-9)8(13)14/h1,5-6,12H,3-4H2,(H,10,11)(H,13,14). The van der Waals surface area contributed by atoms with Gasteiger partial charge in [0.05, 0.1) is 12.3 Å². The first kappa shape index (κ1) is 11.5. The van der Waals surface area contributed by atoms with Crippen molar-refractivity contribution in [2.24, 2.45) is 0 Å². The number of terminal acetylenes is 1. The van der Waals surface area contributed by atoms with Crippen LogP contribution < -0.4 is 5.32 Å². The molecule has 0 bridgehead atoms. The van der Waals surface area contributed by atoms with Gasteiger partial charge in [0.25, 0.3) is 0 Å². The monoisotopic (exact) mass is 226 g/mol. The largest absolute Gasteiger partial charge is 0.477 e. The van der Waals surface area contributed by atoms with E-state index in [1.165, 1.54) is 6.20 Å². The fourth-order valence-corrected chi connectivity index (χ4v) is 1.53. The first-order valence-electron chi connectivity index (χ1n) is 4.18. The van der Waals surface area contributed by atoms with E-state index in [0.717, 1.165) is 11.3 Å². The zero-order valence-corrected chi connectivity index (χ0v) is 8.62. The highest BCUT2D eigenvalue weighted by Crippen LogP contribution is 2.17. The van der Waals surface area contributed by atoms with Crippen LogP contribution in [-0.4, -0.2) is 33.8 Å². The Bertz CT molecular complexity index is 383. The molecule has 0 spiro atoms. The minimum atomic E-state index is -1.01. The molecule has 0 radical (unpaired) electrons. The highest BCUT2D eigenvalue weighted by Gasteiger charge is 2.09. The smallest absolute Gasteiger partial charge is 0.347 e. The predicted octanol–water partition coefficient (Wildman–Crippen LogP) is 0.637. The Morgan fingerprint density at radius 1 is 1.80 bits per heavy atom. The third-order valence-corrected chi connectivity index (χ3v) is 2.50. The third kappa shape index (κ3) is 3.58. The Kier molecular flexibility index (Phi) is 4.09. The van der Waals surface area contributed by atoms with Crippen molar-refractivity contribution in [2.45, 2.75) is 12.5 Å². The van der Waals surface area contributed by atoms with Gasteiger partial charge in [0.15, 0.2) is 5.13 Å². The van der Waals surface area contributed by atoms with E-state index in [2.05, 4.69) is 16.2 Å². The number of thiazole rings is 1. The summed E-state index contributed by atoms with van der Waals surface area (Å²) in [5, 5.41) is 21.2. The van der Waals surface area contributed by atoms with Crippen LogP contribution in [0, 0.1) is 12.3 Å². The molecule has 5 nitrogen and oxygen atoms in total. The van der Waals surface area contributed by atoms with Gasteiger partial charge in [-0.25, -0.2) is 9.78 Å². The number of aliphatic hydroxyl groups is 1. The van der Waals surface area contributed by atoms with Gasteiger partial charge < -0.3 is 15.5 Å². The quantitative estimate of drug-likeness (QED) is 0.642. The molecule has 0 aliphatic carbocycles. The number of aromatic carboxylic acids is 1. The minimum absolute atomic E-state index is 0.156. The topological polar surface area (TPSA) is 82.5 Å². The van der Waals surface area contributed by atoms with Crippen LogP contribution in [0.4, 0.5) is 5.13 Å². The summed E-state index contributed by atoms with van der Waals surface area (Å²) in [6.07, 6.45) is 5.89. The van der Waals surface area contributed by atoms with Crippen LogP contribution in [0.3, 0.4) is 0 Å². The van der Waals surface area contributed by atoms with Gasteiger partial charge in [0.2, 0.25) is 0 Å². The second-order valence-corrected chi connectivity index (χ2v) is 3.81. The Morgan fingerprint density at radius 2 is 2.53 bits per heavy atom. The molecule has 1 unspecified atom stereocenters. The van der Waals surface area contributed by atoms with Crippen LogP contribution in [0.5, 0.6) is 0 Å². The molecule has 0 saturated carbocycles. The molecule has 0 aromatic carbocycles. The molecule has 0 aliphatic rings. The van der Waals surface area contributed by atoms with Crippen molar-refractivity contribution < 1.29 is 15.0 Å². The molecular formula is C9H10N2O3S. The van der Waals surface area contributed by atoms with Gasteiger partial charge in [-0.2, -0.15) is 0 Å². The number of rotatable bonds is 5. The summed E-state index contributed by atoms with van der Waals surface area (Å²) in [4.78, 5) is 14.5. The van der Waals surface area contributed by atoms with E-state index in [1.54, 1.807) is 0 Å². The molecule has 3 N–H and O–H groups in total. The second-order valence-electron chi connectivity index (χ2n) is 2.78. The zero-order chi connectivity index (χ0) is 11.3. The summed E-state index contributed by atoms with van der Waals surface area (Å²) in [6.45, 7) is 0.261. The normalized spacial score (nSPS) is 11.7. The van der Waals surface area contributed by atoms with E-state index in [0.29, 0.717) is 5.13 Å². The number of carboxylic acids is 1. The molecular weight excluding hydrogens is 216 g/mol. The SMILES string of the molecule is C#CCC(O)CNc1ncc(C(=O)O)s1. The van der Waals surface area contributed by atoms with Crippen LogP contribution in [0.2, 0.25) is 0 Å². The fraction of sp³-hybridized carbons (Fsp3) is 0.333. The van der Waals surface area contributed by atoms with E-state index in [1.807, 2.05) is 0 Å². The lowest BCUT2D eigenvalue weighted by Crippen LogP contribution is -2.18. The first-order valence-corrected chi connectivity index (χ1v) is 4.99. The number of carboxylic acid groups (broad SMARTS) is 1. The lowest BCUT2D eigenvalue weighted by atomic mass is 10.3. The highest BCUT2D eigenvalue weighted by molar-refractivity contribution is 7.17. The van der Waals surface area contributed by atoms with Crippen molar-refractivity contribution in [3.63, 3.8) is 0 Å². The van der Waals surface area contributed by atoms with Gasteiger partial charge in [-0.05, 0) is 0 Å². The Balaban J connectivity index is 2.45. The van der Waals surface area contributed by atoms with E-state index < -0.39 is 12.1 Å². The van der Waals surface area contributed by atoms with Crippen LogP contribution in [0.15, 0.2) is 6.20 Å². The number of aromatic nitrogens is 1. The number of hydrogen-bond donors (Lipinski definition) is 3. The summed E-state index contributed by atoms with van der Waals surface area (Å²) < 4.78 is 0. The predicted molar refractivity (Wildman–Crippen MR) is 57.0 cm³/mol. The third-order valence-electron chi connectivity index (χ3n) is 1.56. The molecule has 0 amide bonds. The van der Waals surface area contributed by atoms with E-state index in [9.17, 15) is 9.90 Å². The van der Waals surface area contributed by atoms with Gasteiger partial charge in [0, 0.05) is 13.0 Å². The molecule has 0 aliphatic heterocycles. The number of nitrogens with one attached hydrogen (secondary N) is 1. The van der Waals surface area contributed by atoms with Gasteiger partial charge in [-0.15, -0.1) is 12.3 Å². The molecule has 0 fully saturated rings. The first-order chi connectivity index (χ1) is 7.13. The Morgan fingerprint density at radius 3 is 3.07 bits per heavy atom. The molecule has 0 saturated heterocycles. The lowest BCUT2D eigenvalue weighted by molar-refractivity contribution is 0.0702. The number of hydrogen-bond acceptors (Lipinski definition) is 5. The van der Waals surface area contributed by atoms with E-state index in [4.69, 9.17) is 11.5 Å². The van der Waals surface area contributed by atoms with Crippen molar-refractivity contribution >= 4 is 22.4 Å². The molecule has 6 heteroatoms. The number of anilines is 1. The summed E-state index contributed by atoms with van der Waals surface area (Å²) >= 11 is 1.02. The van der Waals surface area contributed by atoms with Crippen LogP contribution in [0.1, 0.15) is 16.1 Å². The van der Waals surface area contributed by atoms with Crippen molar-refractivity contribution in [3.8, 4) is 12.3 Å². The summed E-state index contributed by atoms with van der Waals surface area (Å²) in [5.74, 6) is 1.32. The van der Waals surface area contributed by atoms with E-state index >= 15 is 0 Å². The minimum Gasteiger partial charge on any atom is -0.477 e. The Hall–Kier alpha value is -1.58. The van der Waals surface area contributed by atoms with Gasteiger partial charge in [-0.1, -0.05) is 11.3 Å². The highest BCUT2D eigenvalue weighted by atomic mass is 32.1. The number of nitrogens with zero attached hydrogens (tertiary/aromatic N) is 1. The zero-order valence-electron chi connectivity index (χ0n) is 7.80. The maximum absolute atomic E-state index is 10.5. The Labute approximate surface area is 90.8 Å². The summed E-state index contributed by atoms with van der Waals surface area (Å²) in [5.41, 5.74) is 0. The van der Waals surface area contributed by atoms with E-state index in [-0.39, 0.29) is 17.8 Å². The van der Waals surface area contributed by atoms with Crippen LogP contribution in [-0.2, 0) is 0 Å². The number of aliphatic hydroxyl groups excluding tert-OH is 1.